The molecule has 0 spiro atoms. The van der Waals surface area contributed by atoms with E-state index in [-0.39, 0.29) is 5.92 Å². The highest BCUT2D eigenvalue weighted by Gasteiger charge is 2.28. The summed E-state index contributed by atoms with van der Waals surface area (Å²) in [6.45, 7) is 0.737. The summed E-state index contributed by atoms with van der Waals surface area (Å²) >= 11 is 0. The quantitative estimate of drug-likeness (QED) is 0.377. The molecule has 4 aromatic rings. The van der Waals surface area contributed by atoms with E-state index in [1.165, 1.54) is 22.3 Å². The van der Waals surface area contributed by atoms with Gasteiger partial charge in [0.1, 0.15) is 6.61 Å². The molecule has 1 N–H and O–H groups in total. The van der Waals surface area contributed by atoms with Gasteiger partial charge in [-0.25, -0.2) is 4.79 Å². The van der Waals surface area contributed by atoms with Gasteiger partial charge in [-0.05, 0) is 40.5 Å². The van der Waals surface area contributed by atoms with E-state index in [1.807, 2.05) is 42.5 Å². The van der Waals surface area contributed by atoms with Gasteiger partial charge in [-0.1, -0.05) is 60.4 Å². The molecule has 1 aromatic heterocycles. The number of aromatic nitrogens is 2. The molecule has 5 nitrogen and oxygen atoms in total. The number of nitrogens with one attached hydrogen (secondary N) is 1. The van der Waals surface area contributed by atoms with Gasteiger partial charge in [0, 0.05) is 36.8 Å². The molecule has 1 heterocycles. The van der Waals surface area contributed by atoms with Crippen LogP contribution in [-0.4, -0.2) is 29.2 Å². The number of amides is 1. The lowest BCUT2D eigenvalue weighted by Crippen LogP contribution is -2.26. The molecule has 0 radical (unpaired) electrons. The monoisotopic (exact) mass is 419 g/mol. The second-order valence-electron chi connectivity index (χ2n) is 7.56. The number of nitrogens with zero attached hydrogens (tertiary/aromatic N) is 2. The Morgan fingerprint density at radius 1 is 0.906 bits per heavy atom. The van der Waals surface area contributed by atoms with Crippen molar-refractivity contribution in [3.8, 4) is 23.0 Å². The molecule has 5 heteroatoms. The third-order valence-electron chi connectivity index (χ3n) is 5.57. The molecule has 0 saturated carbocycles. The van der Waals surface area contributed by atoms with Gasteiger partial charge in [0.15, 0.2) is 0 Å². The van der Waals surface area contributed by atoms with E-state index in [9.17, 15) is 4.79 Å². The Balaban J connectivity index is 1.13. The second kappa shape index (κ2) is 8.91. The SMILES string of the molecule is O=C(NCCC#Cc1ccc2nccnc2c1)OCC1c2ccccc2-c2ccccc21. The van der Waals surface area contributed by atoms with Gasteiger partial charge in [-0.3, -0.25) is 9.97 Å². The highest BCUT2D eigenvalue weighted by atomic mass is 16.5. The van der Waals surface area contributed by atoms with Crippen molar-refractivity contribution in [1.29, 1.82) is 0 Å². The van der Waals surface area contributed by atoms with Gasteiger partial charge in [-0.15, -0.1) is 0 Å². The van der Waals surface area contributed by atoms with Crippen molar-refractivity contribution in [2.45, 2.75) is 12.3 Å². The van der Waals surface area contributed by atoms with Crippen molar-refractivity contribution in [3.63, 3.8) is 0 Å². The first-order valence-corrected chi connectivity index (χ1v) is 10.6. The normalized spacial score (nSPS) is 11.9. The molecular formula is C27H21N3O2. The number of carbonyl (C=O) groups is 1. The Kier molecular flexibility index (Phi) is 5.50. The molecule has 32 heavy (non-hydrogen) atoms. The molecule has 1 aliphatic rings. The van der Waals surface area contributed by atoms with Crippen molar-refractivity contribution in [3.05, 3.63) is 95.8 Å². The molecule has 0 saturated heterocycles. The molecule has 3 aromatic carbocycles. The summed E-state index contributed by atoms with van der Waals surface area (Å²) in [6, 6.07) is 22.3. The van der Waals surface area contributed by atoms with Gasteiger partial charge < -0.3 is 10.1 Å². The molecule has 0 fully saturated rings. The highest BCUT2D eigenvalue weighted by Crippen LogP contribution is 2.44. The second-order valence-corrected chi connectivity index (χ2v) is 7.56. The fourth-order valence-corrected chi connectivity index (χ4v) is 4.08. The first-order chi connectivity index (χ1) is 15.8. The number of ether oxygens (including phenoxy) is 1. The molecule has 0 atom stereocenters. The van der Waals surface area contributed by atoms with Crippen LogP contribution in [0.25, 0.3) is 22.2 Å². The summed E-state index contributed by atoms with van der Waals surface area (Å²) in [5, 5.41) is 2.78. The smallest absolute Gasteiger partial charge is 0.407 e. The van der Waals surface area contributed by atoms with E-state index in [2.05, 4.69) is 51.4 Å². The zero-order valence-corrected chi connectivity index (χ0v) is 17.4. The predicted octanol–water partition coefficient (Wildman–Crippen LogP) is 4.91. The summed E-state index contributed by atoms with van der Waals surface area (Å²) in [6.07, 6.45) is 3.44. The van der Waals surface area contributed by atoms with Gasteiger partial charge in [0.05, 0.1) is 11.0 Å². The van der Waals surface area contributed by atoms with Crippen molar-refractivity contribution < 1.29 is 9.53 Å². The molecule has 0 unspecified atom stereocenters. The minimum absolute atomic E-state index is 0.0592. The van der Waals surface area contributed by atoms with Crippen LogP contribution in [0, 0.1) is 11.8 Å². The van der Waals surface area contributed by atoms with Crippen molar-refractivity contribution >= 4 is 17.1 Å². The first kappa shape index (κ1) is 19.8. The van der Waals surface area contributed by atoms with E-state index >= 15 is 0 Å². The molecule has 5 rings (SSSR count). The molecular weight excluding hydrogens is 398 g/mol. The molecule has 1 aliphatic carbocycles. The maximum atomic E-state index is 12.2. The van der Waals surface area contributed by atoms with Crippen LogP contribution in [0.2, 0.25) is 0 Å². The minimum Gasteiger partial charge on any atom is -0.449 e. The van der Waals surface area contributed by atoms with Gasteiger partial charge in [0.2, 0.25) is 0 Å². The van der Waals surface area contributed by atoms with Crippen molar-refractivity contribution in [2.24, 2.45) is 0 Å². The van der Waals surface area contributed by atoms with Gasteiger partial charge >= 0.3 is 6.09 Å². The highest BCUT2D eigenvalue weighted by molar-refractivity contribution is 5.79. The van der Waals surface area contributed by atoms with Crippen LogP contribution in [-0.2, 0) is 4.74 Å². The number of alkyl carbamates (subject to hydrolysis) is 1. The Hall–Kier alpha value is -4.17. The topological polar surface area (TPSA) is 64.1 Å². The number of hydrogen-bond donors (Lipinski definition) is 1. The summed E-state index contributed by atoms with van der Waals surface area (Å²) in [5.74, 6) is 6.24. The zero-order valence-electron chi connectivity index (χ0n) is 17.4. The lowest BCUT2D eigenvalue weighted by atomic mass is 9.98. The van der Waals surface area contributed by atoms with Crippen LogP contribution < -0.4 is 5.32 Å². The molecule has 1 amide bonds. The largest absolute Gasteiger partial charge is 0.449 e. The number of fused-ring (bicyclic) bond motifs is 4. The maximum Gasteiger partial charge on any atom is 0.407 e. The van der Waals surface area contributed by atoms with Crippen LogP contribution in [0.15, 0.2) is 79.1 Å². The fraction of sp³-hybridized carbons (Fsp3) is 0.148. The third-order valence-corrected chi connectivity index (χ3v) is 5.57. The van der Waals surface area contributed by atoms with Crippen LogP contribution in [0.4, 0.5) is 4.79 Å². The maximum absolute atomic E-state index is 12.2. The average molecular weight is 419 g/mol. The number of hydrogen-bond acceptors (Lipinski definition) is 4. The Labute approximate surface area is 186 Å². The zero-order chi connectivity index (χ0) is 21.8. The first-order valence-electron chi connectivity index (χ1n) is 10.6. The summed E-state index contributed by atoms with van der Waals surface area (Å²) in [4.78, 5) is 20.7. The van der Waals surface area contributed by atoms with Gasteiger partial charge in [0.25, 0.3) is 0 Å². The summed E-state index contributed by atoms with van der Waals surface area (Å²) in [7, 11) is 0. The Bertz CT molecular complexity index is 1310. The van der Waals surface area contributed by atoms with Crippen LogP contribution in [0.1, 0.15) is 29.0 Å². The van der Waals surface area contributed by atoms with E-state index in [1.54, 1.807) is 12.4 Å². The van der Waals surface area contributed by atoms with Crippen LogP contribution in [0.3, 0.4) is 0 Å². The summed E-state index contributed by atoms with van der Waals surface area (Å²) < 4.78 is 5.54. The van der Waals surface area contributed by atoms with Gasteiger partial charge in [-0.2, -0.15) is 0 Å². The lowest BCUT2D eigenvalue weighted by molar-refractivity contribution is 0.143. The minimum atomic E-state index is -0.422. The molecule has 156 valence electrons. The Morgan fingerprint density at radius 3 is 2.34 bits per heavy atom. The molecule has 0 bridgehead atoms. The van der Waals surface area contributed by atoms with E-state index in [4.69, 9.17) is 4.74 Å². The van der Waals surface area contributed by atoms with E-state index in [0.29, 0.717) is 19.6 Å². The Morgan fingerprint density at radius 2 is 1.59 bits per heavy atom. The number of rotatable bonds is 4. The number of carbonyl (C=O) groups excluding carboxylic acids is 1. The lowest BCUT2D eigenvalue weighted by Gasteiger charge is -2.14. The number of benzene rings is 3. The standard InChI is InChI=1S/C27H21N3O2/c31-27(30-14-6-5-7-19-12-13-25-26(17-19)29-16-15-28-25)32-18-24-22-10-3-1-8-20(22)21-9-2-4-11-23(21)24/h1-4,8-13,15-17,24H,6,14,18H2,(H,30,31). The fourth-order valence-electron chi connectivity index (χ4n) is 4.08. The van der Waals surface area contributed by atoms with Crippen molar-refractivity contribution in [1.82, 2.24) is 15.3 Å². The van der Waals surface area contributed by atoms with E-state index in [0.717, 1.165) is 16.6 Å². The van der Waals surface area contributed by atoms with Crippen LogP contribution in [0.5, 0.6) is 0 Å². The van der Waals surface area contributed by atoms with Crippen LogP contribution >= 0.6 is 0 Å². The molecule has 0 aliphatic heterocycles. The third kappa shape index (κ3) is 4.03. The van der Waals surface area contributed by atoms with E-state index < -0.39 is 6.09 Å². The predicted molar refractivity (Wildman–Crippen MR) is 124 cm³/mol. The van der Waals surface area contributed by atoms with Crippen molar-refractivity contribution in [2.75, 3.05) is 13.2 Å². The summed E-state index contributed by atoms with van der Waals surface area (Å²) in [5.41, 5.74) is 7.36. The average Bonchev–Trinajstić information content (AvgIpc) is 3.16.